The fourth-order valence-corrected chi connectivity index (χ4v) is 2.96. The first kappa shape index (κ1) is 13.2. The van der Waals surface area contributed by atoms with Crippen LogP contribution in [0.5, 0.6) is 0 Å². The number of halogens is 3. The highest BCUT2D eigenvalue weighted by atomic mass is 32.2. The van der Waals surface area contributed by atoms with Crippen molar-refractivity contribution in [3.63, 3.8) is 0 Å². The summed E-state index contributed by atoms with van der Waals surface area (Å²) in [6, 6.07) is 0.431. The minimum absolute atomic E-state index is 0.0650. The molecule has 1 aromatic rings. The van der Waals surface area contributed by atoms with Gasteiger partial charge < -0.3 is 5.11 Å². The van der Waals surface area contributed by atoms with Crippen molar-refractivity contribution in [3.8, 4) is 0 Å². The van der Waals surface area contributed by atoms with Gasteiger partial charge in [-0.15, -0.1) is 11.8 Å². The molecule has 0 radical (unpaired) electrons. The van der Waals surface area contributed by atoms with Crippen molar-refractivity contribution in [2.24, 2.45) is 0 Å². The maximum Gasteiger partial charge on any atom is 0.320 e. The van der Waals surface area contributed by atoms with E-state index in [1.807, 2.05) is 0 Å². The molecule has 0 spiro atoms. The minimum Gasteiger partial charge on any atom is -0.480 e. The molecule has 1 heterocycles. The molecule has 0 aliphatic carbocycles. The van der Waals surface area contributed by atoms with Crippen LogP contribution in [0.1, 0.15) is 17.4 Å². The summed E-state index contributed by atoms with van der Waals surface area (Å²) in [6.45, 7) is 0. The third-order valence-electron chi connectivity index (χ3n) is 2.66. The zero-order chi connectivity index (χ0) is 13.3. The van der Waals surface area contributed by atoms with Crippen molar-refractivity contribution < 1.29 is 23.1 Å². The maximum atomic E-state index is 13.5. The number of nitrogens with one attached hydrogen (secondary N) is 1. The zero-order valence-corrected chi connectivity index (χ0v) is 9.94. The van der Waals surface area contributed by atoms with E-state index in [-0.39, 0.29) is 5.56 Å². The lowest BCUT2D eigenvalue weighted by molar-refractivity contribution is -0.139. The standard InChI is InChI=1S/C11H10F3NO2S/c12-6-4-8(14)7(13)3-5(6)10-15-9(11(16)17)1-2-18-10/h3-4,9-10,15H,1-2H2,(H,16,17). The van der Waals surface area contributed by atoms with Gasteiger partial charge in [-0.3, -0.25) is 10.1 Å². The van der Waals surface area contributed by atoms with Crippen molar-refractivity contribution >= 4 is 17.7 Å². The highest BCUT2D eigenvalue weighted by Crippen LogP contribution is 2.33. The lowest BCUT2D eigenvalue weighted by Crippen LogP contribution is -2.42. The number of rotatable bonds is 2. The summed E-state index contributed by atoms with van der Waals surface area (Å²) in [5.41, 5.74) is -0.0650. The van der Waals surface area contributed by atoms with Gasteiger partial charge in [0, 0.05) is 11.6 Å². The van der Waals surface area contributed by atoms with E-state index in [0.29, 0.717) is 18.2 Å². The van der Waals surface area contributed by atoms with Crippen LogP contribution in [0.15, 0.2) is 12.1 Å². The van der Waals surface area contributed by atoms with Gasteiger partial charge in [0.2, 0.25) is 0 Å². The fraction of sp³-hybridized carbons (Fsp3) is 0.364. The summed E-state index contributed by atoms with van der Waals surface area (Å²) >= 11 is 1.26. The van der Waals surface area contributed by atoms with Gasteiger partial charge in [0.15, 0.2) is 11.6 Å². The van der Waals surface area contributed by atoms with Crippen LogP contribution in [0, 0.1) is 17.5 Å². The van der Waals surface area contributed by atoms with Gasteiger partial charge >= 0.3 is 5.97 Å². The van der Waals surface area contributed by atoms with Gasteiger partial charge in [-0.2, -0.15) is 0 Å². The number of carboxylic acids is 1. The number of thioether (sulfide) groups is 1. The van der Waals surface area contributed by atoms with Crippen LogP contribution >= 0.6 is 11.8 Å². The second kappa shape index (κ2) is 5.19. The summed E-state index contributed by atoms with van der Waals surface area (Å²) in [7, 11) is 0. The van der Waals surface area contributed by atoms with E-state index >= 15 is 0 Å². The zero-order valence-electron chi connectivity index (χ0n) is 9.12. The van der Waals surface area contributed by atoms with Crippen LogP contribution in [0.25, 0.3) is 0 Å². The van der Waals surface area contributed by atoms with Crippen LogP contribution in [0.4, 0.5) is 13.2 Å². The average molecular weight is 277 g/mol. The average Bonchev–Trinajstić information content (AvgIpc) is 2.34. The van der Waals surface area contributed by atoms with E-state index in [0.717, 1.165) is 6.07 Å². The predicted octanol–water partition coefficient (Wildman–Crippen LogP) is 2.28. The molecular formula is C11H10F3NO2S. The Balaban J connectivity index is 2.26. The molecule has 0 saturated carbocycles. The Bertz CT molecular complexity index is 484. The molecule has 3 nitrogen and oxygen atoms in total. The number of hydrogen-bond donors (Lipinski definition) is 2. The fourth-order valence-electron chi connectivity index (χ4n) is 1.73. The molecule has 1 fully saturated rings. The molecule has 1 saturated heterocycles. The molecule has 2 N–H and O–H groups in total. The second-order valence-electron chi connectivity index (χ2n) is 3.88. The smallest absolute Gasteiger partial charge is 0.320 e. The summed E-state index contributed by atoms with van der Waals surface area (Å²) in [6.07, 6.45) is 0.405. The normalized spacial score (nSPS) is 23.9. The largest absolute Gasteiger partial charge is 0.480 e. The van der Waals surface area contributed by atoms with Crippen molar-refractivity contribution in [2.75, 3.05) is 5.75 Å². The molecule has 18 heavy (non-hydrogen) atoms. The monoisotopic (exact) mass is 277 g/mol. The Morgan fingerprint density at radius 2 is 1.94 bits per heavy atom. The lowest BCUT2D eigenvalue weighted by Gasteiger charge is -2.28. The quantitative estimate of drug-likeness (QED) is 0.814. The third-order valence-corrected chi connectivity index (χ3v) is 3.86. The van der Waals surface area contributed by atoms with Gasteiger partial charge in [-0.1, -0.05) is 0 Å². The molecule has 0 aromatic heterocycles. The molecule has 7 heteroatoms. The molecule has 0 bridgehead atoms. The van der Waals surface area contributed by atoms with Crippen molar-refractivity contribution in [3.05, 3.63) is 35.1 Å². The maximum absolute atomic E-state index is 13.5. The van der Waals surface area contributed by atoms with Crippen LogP contribution in [-0.4, -0.2) is 22.9 Å². The number of hydrogen-bond acceptors (Lipinski definition) is 3. The molecule has 1 aromatic carbocycles. The van der Waals surface area contributed by atoms with E-state index in [9.17, 15) is 18.0 Å². The SMILES string of the molecule is O=C(O)C1CCSC(c2cc(F)c(F)cc2F)N1. The first-order chi connectivity index (χ1) is 8.49. The molecule has 1 aliphatic heterocycles. The molecule has 0 amide bonds. The van der Waals surface area contributed by atoms with Gasteiger partial charge in [0.05, 0.1) is 5.37 Å². The number of carboxylic acid groups (broad SMARTS) is 1. The first-order valence-corrected chi connectivity index (χ1v) is 6.29. The molecule has 2 unspecified atom stereocenters. The Morgan fingerprint density at radius 3 is 2.61 bits per heavy atom. The Labute approximate surface area is 105 Å². The summed E-state index contributed by atoms with van der Waals surface area (Å²) in [4.78, 5) is 10.8. The van der Waals surface area contributed by atoms with Crippen LogP contribution < -0.4 is 5.32 Å². The van der Waals surface area contributed by atoms with E-state index < -0.39 is 34.8 Å². The van der Waals surface area contributed by atoms with Gasteiger partial charge in [0.25, 0.3) is 0 Å². The van der Waals surface area contributed by atoms with Crippen LogP contribution in [-0.2, 0) is 4.79 Å². The van der Waals surface area contributed by atoms with Crippen molar-refractivity contribution in [1.29, 1.82) is 0 Å². The Hall–Kier alpha value is -1.21. The van der Waals surface area contributed by atoms with Crippen LogP contribution in [0.3, 0.4) is 0 Å². The summed E-state index contributed by atoms with van der Waals surface area (Å²) < 4.78 is 39.4. The summed E-state index contributed by atoms with van der Waals surface area (Å²) in [5, 5.41) is 10.9. The minimum atomic E-state index is -1.26. The molecule has 2 rings (SSSR count). The van der Waals surface area contributed by atoms with Crippen molar-refractivity contribution in [1.82, 2.24) is 5.32 Å². The number of benzene rings is 1. The topological polar surface area (TPSA) is 49.3 Å². The summed E-state index contributed by atoms with van der Waals surface area (Å²) in [5.74, 6) is -3.82. The van der Waals surface area contributed by atoms with Crippen molar-refractivity contribution in [2.45, 2.75) is 17.8 Å². The highest BCUT2D eigenvalue weighted by Gasteiger charge is 2.29. The number of aliphatic carboxylic acids is 1. The van der Waals surface area contributed by atoms with Crippen LogP contribution in [0.2, 0.25) is 0 Å². The predicted molar refractivity (Wildman–Crippen MR) is 60.7 cm³/mol. The van der Waals surface area contributed by atoms with E-state index in [1.165, 1.54) is 11.8 Å². The molecule has 2 atom stereocenters. The highest BCUT2D eigenvalue weighted by molar-refractivity contribution is 7.99. The molecular weight excluding hydrogens is 267 g/mol. The molecule has 1 aliphatic rings. The van der Waals surface area contributed by atoms with Gasteiger partial charge in [-0.25, -0.2) is 13.2 Å². The van der Waals surface area contributed by atoms with Gasteiger partial charge in [0.1, 0.15) is 11.9 Å². The Morgan fingerprint density at radius 1 is 1.28 bits per heavy atom. The van der Waals surface area contributed by atoms with Gasteiger partial charge in [-0.05, 0) is 18.2 Å². The first-order valence-electron chi connectivity index (χ1n) is 5.24. The lowest BCUT2D eigenvalue weighted by atomic mass is 10.1. The van der Waals surface area contributed by atoms with E-state index in [1.54, 1.807) is 0 Å². The Kier molecular flexibility index (Phi) is 3.82. The third kappa shape index (κ3) is 2.62. The second-order valence-corrected chi connectivity index (χ2v) is 5.10. The van der Waals surface area contributed by atoms with E-state index in [2.05, 4.69) is 5.32 Å². The van der Waals surface area contributed by atoms with E-state index in [4.69, 9.17) is 5.11 Å². The molecule has 98 valence electrons. The number of carbonyl (C=O) groups is 1.